The molecular weight excluding hydrogens is 160 g/mol. The Balaban J connectivity index is 3.43. The van der Waals surface area contributed by atoms with Gasteiger partial charge in [0.1, 0.15) is 0 Å². The molecular formula is C11H26N2. The van der Waals surface area contributed by atoms with Crippen LogP contribution in [0.5, 0.6) is 0 Å². The molecule has 0 aromatic heterocycles. The van der Waals surface area contributed by atoms with Crippen molar-refractivity contribution in [3.8, 4) is 0 Å². The molecule has 0 aliphatic heterocycles. The van der Waals surface area contributed by atoms with Crippen LogP contribution < -0.4 is 5.73 Å². The maximum Gasteiger partial charge on any atom is 0.00758 e. The van der Waals surface area contributed by atoms with Crippen LogP contribution >= 0.6 is 0 Å². The zero-order valence-electron chi connectivity index (χ0n) is 9.71. The largest absolute Gasteiger partial charge is 0.330 e. The average molecular weight is 186 g/mol. The van der Waals surface area contributed by atoms with Gasteiger partial charge in [-0.3, -0.25) is 0 Å². The molecule has 0 radical (unpaired) electrons. The van der Waals surface area contributed by atoms with Crippen LogP contribution in [-0.4, -0.2) is 31.1 Å². The van der Waals surface area contributed by atoms with Crippen molar-refractivity contribution in [2.24, 2.45) is 11.7 Å². The summed E-state index contributed by atoms with van der Waals surface area (Å²) in [6, 6.07) is 0.636. The fourth-order valence-corrected chi connectivity index (χ4v) is 1.43. The van der Waals surface area contributed by atoms with Gasteiger partial charge < -0.3 is 10.6 Å². The highest BCUT2D eigenvalue weighted by molar-refractivity contribution is 4.63. The molecule has 0 aliphatic rings. The third-order valence-electron chi connectivity index (χ3n) is 2.63. The first-order chi connectivity index (χ1) is 6.07. The maximum absolute atomic E-state index is 5.52. The summed E-state index contributed by atoms with van der Waals surface area (Å²) in [5, 5.41) is 0. The standard InChI is InChI=1S/C11H26N2/c1-10(2)6-5-9-13(4)11(3)7-8-12/h10-11H,5-9,12H2,1-4H3. The fraction of sp³-hybridized carbons (Fsp3) is 1.00. The Morgan fingerprint density at radius 1 is 1.15 bits per heavy atom. The molecule has 80 valence electrons. The van der Waals surface area contributed by atoms with Crippen LogP contribution in [0.2, 0.25) is 0 Å². The summed E-state index contributed by atoms with van der Waals surface area (Å²) in [7, 11) is 2.20. The van der Waals surface area contributed by atoms with E-state index in [9.17, 15) is 0 Å². The van der Waals surface area contributed by atoms with E-state index in [-0.39, 0.29) is 0 Å². The summed E-state index contributed by atoms with van der Waals surface area (Å²) < 4.78 is 0. The number of nitrogens with zero attached hydrogens (tertiary/aromatic N) is 1. The first-order valence-electron chi connectivity index (χ1n) is 5.48. The lowest BCUT2D eigenvalue weighted by Crippen LogP contribution is -2.31. The van der Waals surface area contributed by atoms with Crippen LogP contribution in [0.1, 0.15) is 40.0 Å². The molecule has 0 rings (SSSR count). The molecule has 1 atom stereocenters. The van der Waals surface area contributed by atoms with Crippen LogP contribution in [0.15, 0.2) is 0 Å². The van der Waals surface area contributed by atoms with E-state index < -0.39 is 0 Å². The van der Waals surface area contributed by atoms with Crippen molar-refractivity contribution in [2.45, 2.75) is 46.1 Å². The molecule has 0 heterocycles. The fourth-order valence-electron chi connectivity index (χ4n) is 1.43. The van der Waals surface area contributed by atoms with Crippen LogP contribution in [-0.2, 0) is 0 Å². The van der Waals surface area contributed by atoms with Gasteiger partial charge in [0.2, 0.25) is 0 Å². The summed E-state index contributed by atoms with van der Waals surface area (Å²) in [5.74, 6) is 0.832. The van der Waals surface area contributed by atoms with Gasteiger partial charge in [0, 0.05) is 6.04 Å². The van der Waals surface area contributed by atoms with E-state index in [0.717, 1.165) is 18.9 Å². The molecule has 0 saturated carbocycles. The monoisotopic (exact) mass is 186 g/mol. The van der Waals surface area contributed by atoms with Crippen LogP contribution in [0.4, 0.5) is 0 Å². The first-order valence-corrected chi connectivity index (χ1v) is 5.48. The number of hydrogen-bond acceptors (Lipinski definition) is 2. The zero-order valence-corrected chi connectivity index (χ0v) is 9.71. The zero-order chi connectivity index (χ0) is 10.3. The quantitative estimate of drug-likeness (QED) is 0.659. The maximum atomic E-state index is 5.52. The van der Waals surface area contributed by atoms with E-state index in [2.05, 4.69) is 32.7 Å². The second kappa shape index (κ2) is 7.34. The van der Waals surface area contributed by atoms with Crippen molar-refractivity contribution in [3.63, 3.8) is 0 Å². The van der Waals surface area contributed by atoms with Gasteiger partial charge in [0.15, 0.2) is 0 Å². The smallest absolute Gasteiger partial charge is 0.00758 e. The molecule has 0 aromatic carbocycles. The van der Waals surface area contributed by atoms with Crippen molar-refractivity contribution in [2.75, 3.05) is 20.1 Å². The topological polar surface area (TPSA) is 29.3 Å². The minimum absolute atomic E-state index is 0.636. The molecule has 0 aromatic rings. The summed E-state index contributed by atoms with van der Waals surface area (Å²) in [4.78, 5) is 2.41. The van der Waals surface area contributed by atoms with Gasteiger partial charge >= 0.3 is 0 Å². The van der Waals surface area contributed by atoms with Gasteiger partial charge in [-0.05, 0) is 52.2 Å². The van der Waals surface area contributed by atoms with E-state index in [1.165, 1.54) is 19.4 Å². The lowest BCUT2D eigenvalue weighted by atomic mass is 10.1. The minimum Gasteiger partial charge on any atom is -0.330 e. The van der Waals surface area contributed by atoms with Gasteiger partial charge in [0.25, 0.3) is 0 Å². The highest BCUT2D eigenvalue weighted by atomic mass is 15.1. The second-order valence-corrected chi connectivity index (χ2v) is 4.44. The van der Waals surface area contributed by atoms with Crippen LogP contribution in [0, 0.1) is 5.92 Å². The van der Waals surface area contributed by atoms with Crippen molar-refractivity contribution in [1.29, 1.82) is 0 Å². The predicted molar refractivity (Wildman–Crippen MR) is 59.8 cm³/mol. The molecule has 13 heavy (non-hydrogen) atoms. The van der Waals surface area contributed by atoms with E-state index in [4.69, 9.17) is 5.73 Å². The van der Waals surface area contributed by atoms with Gasteiger partial charge in [0.05, 0.1) is 0 Å². The molecule has 0 spiro atoms. The van der Waals surface area contributed by atoms with Gasteiger partial charge in [-0.1, -0.05) is 13.8 Å². The van der Waals surface area contributed by atoms with Crippen molar-refractivity contribution in [3.05, 3.63) is 0 Å². The van der Waals surface area contributed by atoms with E-state index in [1.807, 2.05) is 0 Å². The van der Waals surface area contributed by atoms with Gasteiger partial charge in [-0.25, -0.2) is 0 Å². The minimum atomic E-state index is 0.636. The highest BCUT2D eigenvalue weighted by Crippen LogP contribution is 2.06. The molecule has 2 nitrogen and oxygen atoms in total. The van der Waals surface area contributed by atoms with Crippen molar-refractivity contribution < 1.29 is 0 Å². The lowest BCUT2D eigenvalue weighted by molar-refractivity contribution is 0.240. The number of rotatable bonds is 7. The van der Waals surface area contributed by atoms with Gasteiger partial charge in [-0.15, -0.1) is 0 Å². The Morgan fingerprint density at radius 2 is 1.77 bits per heavy atom. The molecule has 2 heteroatoms. The Bertz CT molecular complexity index is 113. The summed E-state index contributed by atoms with van der Waals surface area (Å²) in [6.45, 7) is 8.82. The number of hydrogen-bond donors (Lipinski definition) is 1. The van der Waals surface area contributed by atoms with Gasteiger partial charge in [-0.2, -0.15) is 0 Å². The Morgan fingerprint density at radius 3 is 2.23 bits per heavy atom. The normalized spacial score (nSPS) is 14.1. The molecule has 0 saturated heterocycles. The highest BCUT2D eigenvalue weighted by Gasteiger charge is 2.07. The predicted octanol–water partition coefficient (Wildman–Crippen LogP) is 2.09. The van der Waals surface area contributed by atoms with Crippen LogP contribution in [0.3, 0.4) is 0 Å². The van der Waals surface area contributed by atoms with Crippen molar-refractivity contribution in [1.82, 2.24) is 4.90 Å². The molecule has 2 N–H and O–H groups in total. The van der Waals surface area contributed by atoms with Crippen LogP contribution in [0.25, 0.3) is 0 Å². The third-order valence-corrected chi connectivity index (χ3v) is 2.63. The average Bonchev–Trinajstić information content (AvgIpc) is 2.04. The lowest BCUT2D eigenvalue weighted by Gasteiger charge is -2.24. The molecule has 1 unspecified atom stereocenters. The Labute approximate surface area is 83.5 Å². The van der Waals surface area contributed by atoms with Crippen molar-refractivity contribution >= 4 is 0 Å². The summed E-state index contributed by atoms with van der Waals surface area (Å²) in [6.07, 6.45) is 3.75. The molecule has 0 amide bonds. The first kappa shape index (κ1) is 12.9. The van der Waals surface area contributed by atoms with E-state index in [0.29, 0.717) is 6.04 Å². The third kappa shape index (κ3) is 7.03. The molecule has 0 aliphatic carbocycles. The summed E-state index contributed by atoms with van der Waals surface area (Å²) >= 11 is 0. The Hall–Kier alpha value is -0.0800. The second-order valence-electron chi connectivity index (χ2n) is 4.44. The number of nitrogens with two attached hydrogens (primary N) is 1. The molecule has 0 fully saturated rings. The Kier molecular flexibility index (Phi) is 7.29. The van der Waals surface area contributed by atoms with E-state index >= 15 is 0 Å². The molecule has 0 bridgehead atoms. The van der Waals surface area contributed by atoms with E-state index in [1.54, 1.807) is 0 Å². The SMILES string of the molecule is CC(C)CCCN(C)C(C)CCN. The summed E-state index contributed by atoms with van der Waals surface area (Å²) in [5.41, 5.74) is 5.52.